The van der Waals surface area contributed by atoms with Crippen LogP contribution in [0.1, 0.15) is 37.6 Å². The first-order valence-electron chi connectivity index (χ1n) is 3.86. The molecule has 0 radical (unpaired) electrons. The Hall–Kier alpha value is -0.640. The highest BCUT2D eigenvalue weighted by atomic mass is 32.1. The third-order valence-corrected chi connectivity index (χ3v) is 2.71. The summed E-state index contributed by atoms with van der Waals surface area (Å²) in [5.74, 6) is 0.546. The van der Waals surface area contributed by atoms with Crippen LogP contribution in [0.15, 0.2) is 0 Å². The summed E-state index contributed by atoms with van der Waals surface area (Å²) in [6.45, 7) is 4.32. The molecule has 1 aromatic heterocycles. The summed E-state index contributed by atoms with van der Waals surface area (Å²) in [5, 5.41) is 9.43. The zero-order chi connectivity index (χ0) is 8.27. The Labute approximate surface area is 70.6 Å². The Bertz CT molecular complexity index is 217. The Morgan fingerprint density at radius 2 is 2.00 bits per heavy atom. The molecule has 0 unspecified atom stereocenters. The molecule has 62 valence electrons. The second-order valence-electron chi connectivity index (χ2n) is 2.49. The molecule has 0 saturated carbocycles. The van der Waals surface area contributed by atoms with Gasteiger partial charge in [0.1, 0.15) is 5.01 Å². The Morgan fingerprint density at radius 3 is 2.36 bits per heavy atom. The van der Waals surface area contributed by atoms with Crippen molar-refractivity contribution in [2.24, 2.45) is 0 Å². The lowest BCUT2D eigenvalue weighted by molar-refractivity contribution is 0.630. The first-order chi connectivity index (χ1) is 5.27. The molecule has 0 spiro atoms. The maximum Gasteiger partial charge on any atom is 0.203 e. The van der Waals surface area contributed by atoms with E-state index in [1.165, 1.54) is 11.3 Å². The van der Waals surface area contributed by atoms with E-state index in [4.69, 9.17) is 5.73 Å². The van der Waals surface area contributed by atoms with E-state index in [0.29, 0.717) is 11.0 Å². The van der Waals surface area contributed by atoms with Crippen LogP contribution in [0, 0.1) is 0 Å². The quantitative estimate of drug-likeness (QED) is 0.757. The van der Waals surface area contributed by atoms with Gasteiger partial charge in [-0.3, -0.25) is 0 Å². The number of nitrogens with two attached hydrogens (primary N) is 1. The molecule has 0 fully saturated rings. The molecule has 0 atom stereocenters. The monoisotopic (exact) mass is 171 g/mol. The minimum Gasteiger partial charge on any atom is -0.374 e. The molecule has 2 N–H and O–H groups in total. The highest BCUT2D eigenvalue weighted by molar-refractivity contribution is 7.15. The van der Waals surface area contributed by atoms with Gasteiger partial charge in [-0.15, -0.1) is 10.2 Å². The third kappa shape index (κ3) is 1.89. The fraction of sp³-hybridized carbons (Fsp3) is 0.714. The molecule has 0 aromatic carbocycles. The van der Waals surface area contributed by atoms with Crippen molar-refractivity contribution in [1.82, 2.24) is 10.2 Å². The lowest BCUT2D eigenvalue weighted by Crippen LogP contribution is -1.93. The molecule has 0 aliphatic rings. The van der Waals surface area contributed by atoms with Crippen LogP contribution < -0.4 is 5.73 Å². The van der Waals surface area contributed by atoms with Crippen molar-refractivity contribution < 1.29 is 0 Å². The van der Waals surface area contributed by atoms with Gasteiger partial charge in [0.05, 0.1) is 0 Å². The average Bonchev–Trinajstić information content (AvgIpc) is 2.39. The van der Waals surface area contributed by atoms with E-state index >= 15 is 0 Å². The van der Waals surface area contributed by atoms with E-state index in [9.17, 15) is 0 Å². The largest absolute Gasteiger partial charge is 0.374 e. The molecule has 1 heterocycles. The minimum absolute atomic E-state index is 0.546. The van der Waals surface area contributed by atoms with Crippen molar-refractivity contribution in [1.29, 1.82) is 0 Å². The predicted molar refractivity (Wildman–Crippen MR) is 47.6 cm³/mol. The number of anilines is 1. The molecule has 0 bridgehead atoms. The lowest BCUT2D eigenvalue weighted by atomic mass is 10.1. The molecular weight excluding hydrogens is 158 g/mol. The average molecular weight is 171 g/mol. The van der Waals surface area contributed by atoms with Crippen molar-refractivity contribution in [2.75, 3.05) is 5.73 Å². The van der Waals surface area contributed by atoms with Crippen LogP contribution in [-0.2, 0) is 0 Å². The zero-order valence-electron chi connectivity index (χ0n) is 6.87. The summed E-state index contributed by atoms with van der Waals surface area (Å²) >= 11 is 1.50. The number of nitrogen functional groups attached to an aromatic ring is 1. The Balaban J connectivity index is 2.73. The molecular formula is C7H13N3S. The van der Waals surface area contributed by atoms with Crippen molar-refractivity contribution in [3.8, 4) is 0 Å². The summed E-state index contributed by atoms with van der Waals surface area (Å²) in [6.07, 6.45) is 2.23. The second-order valence-corrected chi connectivity index (χ2v) is 3.53. The molecule has 3 nitrogen and oxygen atoms in total. The van der Waals surface area contributed by atoms with Crippen LogP contribution >= 0.6 is 11.3 Å². The van der Waals surface area contributed by atoms with Crippen LogP contribution in [0.5, 0.6) is 0 Å². The van der Waals surface area contributed by atoms with Crippen LogP contribution in [0.3, 0.4) is 0 Å². The Kier molecular flexibility index (Phi) is 2.82. The van der Waals surface area contributed by atoms with Crippen LogP contribution in [0.25, 0.3) is 0 Å². The Morgan fingerprint density at radius 1 is 1.36 bits per heavy atom. The number of rotatable bonds is 3. The van der Waals surface area contributed by atoms with E-state index in [-0.39, 0.29) is 0 Å². The van der Waals surface area contributed by atoms with Gasteiger partial charge in [0.2, 0.25) is 5.13 Å². The fourth-order valence-corrected chi connectivity index (χ4v) is 1.93. The summed E-state index contributed by atoms with van der Waals surface area (Å²) in [7, 11) is 0. The maximum atomic E-state index is 5.47. The second kappa shape index (κ2) is 3.67. The molecule has 0 amide bonds. The normalized spacial score (nSPS) is 10.8. The highest BCUT2D eigenvalue weighted by Gasteiger charge is 2.11. The summed E-state index contributed by atoms with van der Waals surface area (Å²) in [4.78, 5) is 0. The van der Waals surface area contributed by atoms with Crippen molar-refractivity contribution in [2.45, 2.75) is 32.6 Å². The predicted octanol–water partition coefficient (Wildman–Crippen LogP) is 2.02. The van der Waals surface area contributed by atoms with Crippen molar-refractivity contribution >= 4 is 16.5 Å². The van der Waals surface area contributed by atoms with E-state index in [1.54, 1.807) is 0 Å². The van der Waals surface area contributed by atoms with Gasteiger partial charge in [0.15, 0.2) is 0 Å². The first kappa shape index (κ1) is 8.46. The van der Waals surface area contributed by atoms with Gasteiger partial charge in [0, 0.05) is 5.92 Å². The number of aromatic nitrogens is 2. The fourth-order valence-electron chi connectivity index (χ4n) is 1.05. The molecule has 1 aromatic rings. The van der Waals surface area contributed by atoms with Gasteiger partial charge in [-0.1, -0.05) is 25.2 Å². The smallest absolute Gasteiger partial charge is 0.203 e. The van der Waals surface area contributed by atoms with Gasteiger partial charge >= 0.3 is 0 Å². The molecule has 0 aliphatic carbocycles. The SMILES string of the molecule is CCC(CC)c1nnc(N)s1. The van der Waals surface area contributed by atoms with E-state index in [0.717, 1.165) is 17.8 Å². The summed E-state index contributed by atoms with van der Waals surface area (Å²) < 4.78 is 0. The first-order valence-corrected chi connectivity index (χ1v) is 4.68. The van der Waals surface area contributed by atoms with Gasteiger partial charge in [-0.2, -0.15) is 0 Å². The van der Waals surface area contributed by atoms with E-state index < -0.39 is 0 Å². The van der Waals surface area contributed by atoms with Crippen LogP contribution in [0.4, 0.5) is 5.13 Å². The number of nitrogens with zero attached hydrogens (tertiary/aromatic N) is 2. The van der Waals surface area contributed by atoms with E-state index in [1.807, 2.05) is 0 Å². The minimum atomic E-state index is 0.546. The van der Waals surface area contributed by atoms with Crippen molar-refractivity contribution in [3.05, 3.63) is 5.01 Å². The van der Waals surface area contributed by atoms with Gasteiger partial charge in [-0.25, -0.2) is 0 Å². The summed E-state index contributed by atoms with van der Waals surface area (Å²) in [5.41, 5.74) is 5.47. The molecule has 0 aliphatic heterocycles. The number of hydrogen-bond donors (Lipinski definition) is 1. The molecule has 4 heteroatoms. The third-order valence-electron chi connectivity index (χ3n) is 1.79. The number of hydrogen-bond acceptors (Lipinski definition) is 4. The zero-order valence-corrected chi connectivity index (χ0v) is 7.69. The van der Waals surface area contributed by atoms with Crippen LogP contribution in [0.2, 0.25) is 0 Å². The molecule has 0 saturated heterocycles. The summed E-state index contributed by atoms with van der Waals surface area (Å²) in [6, 6.07) is 0. The lowest BCUT2D eigenvalue weighted by Gasteiger charge is -2.05. The van der Waals surface area contributed by atoms with Gasteiger partial charge < -0.3 is 5.73 Å². The topological polar surface area (TPSA) is 51.8 Å². The maximum absolute atomic E-state index is 5.47. The molecule has 1 rings (SSSR count). The molecule has 11 heavy (non-hydrogen) atoms. The highest BCUT2D eigenvalue weighted by Crippen LogP contribution is 2.26. The standard InChI is InChI=1S/C7H13N3S/c1-3-5(4-2)6-9-10-7(8)11-6/h5H,3-4H2,1-2H3,(H2,8,10). The van der Waals surface area contributed by atoms with Crippen LogP contribution in [-0.4, -0.2) is 10.2 Å². The van der Waals surface area contributed by atoms with Gasteiger partial charge in [0.25, 0.3) is 0 Å². The van der Waals surface area contributed by atoms with Gasteiger partial charge in [-0.05, 0) is 12.8 Å². The van der Waals surface area contributed by atoms with Crippen molar-refractivity contribution in [3.63, 3.8) is 0 Å². The van der Waals surface area contributed by atoms with E-state index in [2.05, 4.69) is 24.0 Å².